The Morgan fingerprint density at radius 2 is 1.96 bits per heavy atom. The summed E-state index contributed by atoms with van der Waals surface area (Å²) in [5.74, 6) is 0.383. The molecule has 1 atom stereocenters. The predicted octanol–water partition coefficient (Wildman–Crippen LogP) is 2.82. The normalized spacial score (nSPS) is 22.3. The van der Waals surface area contributed by atoms with Crippen molar-refractivity contribution in [2.45, 2.75) is 38.6 Å². The molecule has 130 valence electrons. The van der Waals surface area contributed by atoms with Gasteiger partial charge in [0.25, 0.3) is 5.69 Å². The highest BCUT2D eigenvalue weighted by Crippen LogP contribution is 2.23. The van der Waals surface area contributed by atoms with Crippen LogP contribution in [0.15, 0.2) is 24.3 Å². The monoisotopic (exact) mass is 331 g/mol. The van der Waals surface area contributed by atoms with Crippen molar-refractivity contribution in [2.75, 3.05) is 26.2 Å². The number of non-ortho nitro benzene ring substituents is 1. The van der Waals surface area contributed by atoms with E-state index in [1.807, 2.05) is 11.0 Å². The van der Waals surface area contributed by atoms with Gasteiger partial charge in [-0.15, -0.1) is 0 Å². The summed E-state index contributed by atoms with van der Waals surface area (Å²) in [6.07, 6.45) is 5.44. The number of amides is 1. The Balaban J connectivity index is 1.60. The average Bonchev–Trinajstić information content (AvgIpc) is 2.62. The van der Waals surface area contributed by atoms with Gasteiger partial charge in [-0.25, -0.2) is 0 Å². The molecule has 0 radical (unpaired) electrons. The van der Waals surface area contributed by atoms with Crippen molar-refractivity contribution in [2.24, 2.45) is 5.92 Å². The molecule has 1 amide bonds. The summed E-state index contributed by atoms with van der Waals surface area (Å²) in [4.78, 5) is 27.5. The number of piperidine rings is 2. The van der Waals surface area contributed by atoms with Gasteiger partial charge in [-0.05, 0) is 44.2 Å². The number of hydrogen-bond acceptors (Lipinski definition) is 4. The number of carbonyl (C=O) groups is 1. The van der Waals surface area contributed by atoms with E-state index in [1.54, 1.807) is 12.1 Å². The molecule has 2 saturated heterocycles. The second-order valence-electron chi connectivity index (χ2n) is 6.89. The molecule has 0 aromatic heterocycles. The van der Waals surface area contributed by atoms with Crippen molar-refractivity contribution in [3.8, 4) is 0 Å². The maximum atomic E-state index is 12.7. The molecule has 0 aliphatic carbocycles. The van der Waals surface area contributed by atoms with Gasteiger partial charge in [0.2, 0.25) is 5.91 Å². The number of rotatable bonds is 4. The summed E-state index contributed by atoms with van der Waals surface area (Å²) in [6.45, 7) is 4.19. The third-order valence-electron chi connectivity index (χ3n) is 5.05. The minimum atomic E-state index is -0.359. The number of carbonyl (C=O) groups excluding carboxylic acids is 1. The van der Waals surface area contributed by atoms with E-state index in [2.05, 4.69) is 4.90 Å². The minimum Gasteiger partial charge on any atom is -0.342 e. The summed E-state index contributed by atoms with van der Waals surface area (Å²) in [7, 11) is 0. The fraction of sp³-hybridized carbons (Fsp3) is 0.611. The first-order valence-electron chi connectivity index (χ1n) is 8.88. The molecule has 0 saturated carbocycles. The van der Waals surface area contributed by atoms with E-state index < -0.39 is 0 Å². The maximum absolute atomic E-state index is 12.7. The van der Waals surface area contributed by atoms with Crippen LogP contribution >= 0.6 is 0 Å². The second-order valence-corrected chi connectivity index (χ2v) is 6.89. The van der Waals surface area contributed by atoms with Crippen LogP contribution in [-0.2, 0) is 11.3 Å². The van der Waals surface area contributed by atoms with E-state index in [0.29, 0.717) is 12.5 Å². The van der Waals surface area contributed by atoms with Gasteiger partial charge >= 0.3 is 0 Å². The number of nitro benzene ring substituents is 1. The summed E-state index contributed by atoms with van der Waals surface area (Å²) < 4.78 is 0. The van der Waals surface area contributed by atoms with Crippen molar-refractivity contribution in [1.82, 2.24) is 9.80 Å². The molecule has 3 rings (SSSR count). The maximum Gasteiger partial charge on any atom is 0.269 e. The van der Waals surface area contributed by atoms with E-state index in [4.69, 9.17) is 0 Å². The van der Waals surface area contributed by atoms with Crippen LogP contribution in [-0.4, -0.2) is 46.8 Å². The van der Waals surface area contributed by atoms with E-state index >= 15 is 0 Å². The average molecular weight is 331 g/mol. The number of hydrogen-bond donors (Lipinski definition) is 0. The van der Waals surface area contributed by atoms with E-state index in [0.717, 1.165) is 57.4 Å². The molecule has 24 heavy (non-hydrogen) atoms. The minimum absolute atomic E-state index is 0.0792. The highest BCUT2D eigenvalue weighted by Gasteiger charge is 2.29. The van der Waals surface area contributed by atoms with Crippen molar-refractivity contribution in [3.05, 3.63) is 39.9 Å². The van der Waals surface area contributed by atoms with Gasteiger partial charge in [-0.3, -0.25) is 19.8 Å². The molecule has 2 aliphatic rings. The first-order chi connectivity index (χ1) is 11.6. The molecule has 2 heterocycles. The SMILES string of the molecule is O=C(C1CCCN(Cc2cccc([N+](=O)[O-])c2)C1)N1CCCCC1. The van der Waals surface area contributed by atoms with Gasteiger partial charge in [-0.1, -0.05) is 12.1 Å². The number of nitrogens with zero attached hydrogens (tertiary/aromatic N) is 3. The second kappa shape index (κ2) is 7.75. The lowest BCUT2D eigenvalue weighted by Crippen LogP contribution is -2.46. The highest BCUT2D eigenvalue weighted by molar-refractivity contribution is 5.79. The molecule has 2 aliphatic heterocycles. The lowest BCUT2D eigenvalue weighted by molar-refractivity contribution is -0.384. The molecule has 1 aromatic rings. The van der Waals surface area contributed by atoms with Gasteiger partial charge < -0.3 is 4.90 Å². The van der Waals surface area contributed by atoms with Crippen molar-refractivity contribution >= 4 is 11.6 Å². The fourth-order valence-corrected chi connectivity index (χ4v) is 3.80. The Morgan fingerprint density at radius 1 is 1.17 bits per heavy atom. The number of likely N-dealkylation sites (tertiary alicyclic amines) is 2. The van der Waals surface area contributed by atoms with Crippen LogP contribution in [0.1, 0.15) is 37.7 Å². The van der Waals surface area contributed by atoms with Crippen LogP contribution in [0.3, 0.4) is 0 Å². The zero-order valence-corrected chi connectivity index (χ0v) is 14.0. The Bertz CT molecular complexity index is 599. The lowest BCUT2D eigenvalue weighted by Gasteiger charge is -2.36. The molecule has 2 fully saturated rings. The fourth-order valence-electron chi connectivity index (χ4n) is 3.80. The zero-order valence-electron chi connectivity index (χ0n) is 14.0. The summed E-state index contributed by atoms with van der Waals surface area (Å²) >= 11 is 0. The van der Waals surface area contributed by atoms with Crippen molar-refractivity contribution in [3.63, 3.8) is 0 Å². The smallest absolute Gasteiger partial charge is 0.269 e. The van der Waals surface area contributed by atoms with Gasteiger partial charge in [0, 0.05) is 38.3 Å². The molecule has 0 N–H and O–H groups in total. The Morgan fingerprint density at radius 3 is 2.71 bits per heavy atom. The molecule has 0 spiro atoms. The molecular formula is C18H25N3O3. The summed E-state index contributed by atoms with van der Waals surface area (Å²) in [5, 5.41) is 10.9. The summed E-state index contributed by atoms with van der Waals surface area (Å²) in [6, 6.07) is 6.80. The molecule has 1 unspecified atom stereocenters. The van der Waals surface area contributed by atoms with Gasteiger partial charge in [0.05, 0.1) is 10.8 Å². The Hall–Kier alpha value is -1.95. The van der Waals surface area contributed by atoms with Crippen molar-refractivity contribution in [1.29, 1.82) is 0 Å². The largest absolute Gasteiger partial charge is 0.342 e. The van der Waals surface area contributed by atoms with Gasteiger partial charge in [-0.2, -0.15) is 0 Å². The van der Waals surface area contributed by atoms with E-state index in [1.165, 1.54) is 12.5 Å². The van der Waals surface area contributed by atoms with Gasteiger partial charge in [0.1, 0.15) is 0 Å². The molecule has 6 nitrogen and oxygen atoms in total. The topological polar surface area (TPSA) is 66.7 Å². The van der Waals surface area contributed by atoms with E-state index in [9.17, 15) is 14.9 Å². The number of benzene rings is 1. The van der Waals surface area contributed by atoms with Crippen LogP contribution in [0.4, 0.5) is 5.69 Å². The first-order valence-corrected chi connectivity index (χ1v) is 8.88. The quantitative estimate of drug-likeness (QED) is 0.628. The molecular weight excluding hydrogens is 306 g/mol. The zero-order chi connectivity index (χ0) is 16.9. The molecule has 1 aromatic carbocycles. The van der Waals surface area contributed by atoms with Crippen molar-refractivity contribution < 1.29 is 9.72 Å². The highest BCUT2D eigenvalue weighted by atomic mass is 16.6. The third-order valence-corrected chi connectivity index (χ3v) is 5.05. The van der Waals surface area contributed by atoms with E-state index in [-0.39, 0.29) is 16.5 Å². The van der Waals surface area contributed by atoms with Crippen LogP contribution in [0.2, 0.25) is 0 Å². The standard InChI is InChI=1S/C18H25N3O3/c22-18(20-10-2-1-3-11-20)16-7-5-9-19(14-16)13-15-6-4-8-17(12-15)21(23)24/h4,6,8,12,16H,1-3,5,7,9-11,13-14H2. The van der Waals surface area contributed by atoms with Crippen LogP contribution in [0.25, 0.3) is 0 Å². The molecule has 6 heteroatoms. The van der Waals surface area contributed by atoms with Gasteiger partial charge in [0.15, 0.2) is 0 Å². The number of nitro groups is 1. The summed E-state index contributed by atoms with van der Waals surface area (Å²) in [5.41, 5.74) is 1.07. The van der Waals surface area contributed by atoms with Crippen LogP contribution in [0, 0.1) is 16.0 Å². The third kappa shape index (κ3) is 4.12. The predicted molar refractivity (Wildman–Crippen MR) is 91.5 cm³/mol. The first kappa shape index (κ1) is 16.9. The van der Waals surface area contributed by atoms with Crippen LogP contribution < -0.4 is 0 Å². The Kier molecular flexibility index (Phi) is 5.45. The molecule has 0 bridgehead atoms. The van der Waals surface area contributed by atoms with Crippen LogP contribution in [0.5, 0.6) is 0 Å². The Labute approximate surface area is 142 Å². The lowest BCUT2D eigenvalue weighted by atomic mass is 9.95.